The molecule has 0 unspecified atom stereocenters. The number of carbonyl (C=O) groups excluding carboxylic acids is 1. The molecule has 8 heteroatoms. The summed E-state index contributed by atoms with van der Waals surface area (Å²) in [5.74, 6) is 0.542. The molecule has 2 aromatic heterocycles. The molecular weight excluding hydrogens is 446 g/mol. The Hall–Kier alpha value is -3.39. The first-order valence-electron chi connectivity index (χ1n) is 11.5. The Balaban J connectivity index is 1.59. The smallest absolute Gasteiger partial charge is 0.226 e. The minimum Gasteiger partial charge on any atom is -0.495 e. The van der Waals surface area contributed by atoms with Gasteiger partial charge in [0.2, 0.25) is 5.91 Å². The van der Waals surface area contributed by atoms with E-state index in [4.69, 9.17) is 17.0 Å². The molecule has 0 bridgehead atoms. The molecule has 0 aliphatic carbocycles. The highest BCUT2D eigenvalue weighted by Crippen LogP contribution is 2.40. The number of ether oxygens (including phenoxy) is 1. The number of carbonyl (C=O) groups is 1. The third-order valence-electron chi connectivity index (χ3n) is 6.41. The molecule has 34 heavy (non-hydrogen) atoms. The van der Waals surface area contributed by atoms with Gasteiger partial charge in [0.1, 0.15) is 5.75 Å². The van der Waals surface area contributed by atoms with Crippen molar-refractivity contribution in [1.29, 1.82) is 0 Å². The van der Waals surface area contributed by atoms with Gasteiger partial charge in [0.05, 0.1) is 30.6 Å². The van der Waals surface area contributed by atoms with Crippen LogP contribution in [0.5, 0.6) is 5.75 Å². The van der Waals surface area contributed by atoms with Gasteiger partial charge in [-0.25, -0.2) is 0 Å². The van der Waals surface area contributed by atoms with Gasteiger partial charge in [0.25, 0.3) is 0 Å². The van der Waals surface area contributed by atoms with Crippen molar-refractivity contribution in [2.24, 2.45) is 0 Å². The second kappa shape index (κ2) is 10.3. The molecule has 1 aromatic carbocycles. The van der Waals surface area contributed by atoms with Gasteiger partial charge >= 0.3 is 0 Å². The summed E-state index contributed by atoms with van der Waals surface area (Å²) in [5, 5.41) is 7.06. The molecule has 1 saturated heterocycles. The molecule has 0 spiro atoms. The van der Waals surface area contributed by atoms with Gasteiger partial charge in [0, 0.05) is 37.1 Å². The lowest BCUT2D eigenvalue weighted by Gasteiger charge is -2.28. The summed E-state index contributed by atoms with van der Waals surface area (Å²) in [4.78, 5) is 19.6. The molecule has 2 N–H and O–H groups in total. The minimum atomic E-state index is -0.100. The molecule has 4 rings (SSSR count). The molecule has 1 aliphatic rings. The van der Waals surface area contributed by atoms with E-state index >= 15 is 0 Å². The van der Waals surface area contributed by atoms with Crippen molar-refractivity contribution in [3.05, 3.63) is 77.4 Å². The van der Waals surface area contributed by atoms with Crippen LogP contribution < -0.4 is 15.4 Å². The molecule has 0 saturated carbocycles. The third-order valence-corrected chi connectivity index (χ3v) is 6.76. The first-order chi connectivity index (χ1) is 16.4. The van der Waals surface area contributed by atoms with E-state index in [-0.39, 0.29) is 24.4 Å². The lowest BCUT2D eigenvalue weighted by Crippen LogP contribution is -2.33. The largest absolute Gasteiger partial charge is 0.495 e. The van der Waals surface area contributed by atoms with Gasteiger partial charge in [-0.1, -0.05) is 18.2 Å². The monoisotopic (exact) mass is 477 g/mol. The summed E-state index contributed by atoms with van der Waals surface area (Å²) in [7, 11) is 1.59. The molecule has 2 atom stereocenters. The zero-order valence-corrected chi connectivity index (χ0v) is 20.9. The molecule has 3 heterocycles. The van der Waals surface area contributed by atoms with Crippen LogP contribution >= 0.6 is 12.2 Å². The van der Waals surface area contributed by atoms with Crippen LogP contribution in [0.25, 0.3) is 0 Å². The number of para-hydroxylation sites is 2. The first kappa shape index (κ1) is 23.8. The highest BCUT2D eigenvalue weighted by molar-refractivity contribution is 7.80. The fraction of sp³-hybridized carbons (Fsp3) is 0.346. The predicted octanol–water partition coefficient (Wildman–Crippen LogP) is 4.53. The van der Waals surface area contributed by atoms with Crippen LogP contribution in [0.15, 0.2) is 54.7 Å². The van der Waals surface area contributed by atoms with Crippen molar-refractivity contribution in [1.82, 2.24) is 19.8 Å². The van der Waals surface area contributed by atoms with Gasteiger partial charge in [-0.05, 0) is 68.9 Å². The van der Waals surface area contributed by atoms with Crippen LogP contribution in [-0.4, -0.2) is 39.1 Å². The summed E-state index contributed by atoms with van der Waals surface area (Å²) in [6, 6.07) is 15.4. The van der Waals surface area contributed by atoms with E-state index in [1.807, 2.05) is 42.5 Å². The summed E-state index contributed by atoms with van der Waals surface area (Å²) in [6.07, 6.45) is 2.09. The van der Waals surface area contributed by atoms with E-state index in [0.29, 0.717) is 23.1 Å². The topological polar surface area (TPSA) is 71.4 Å². The Morgan fingerprint density at radius 3 is 2.65 bits per heavy atom. The van der Waals surface area contributed by atoms with E-state index in [2.05, 4.69) is 51.9 Å². The highest BCUT2D eigenvalue weighted by atomic mass is 32.1. The van der Waals surface area contributed by atoms with Crippen LogP contribution in [-0.2, 0) is 11.3 Å². The van der Waals surface area contributed by atoms with Crippen molar-refractivity contribution >= 4 is 28.9 Å². The Morgan fingerprint density at radius 2 is 1.97 bits per heavy atom. The Kier molecular flexibility index (Phi) is 7.17. The van der Waals surface area contributed by atoms with Crippen LogP contribution in [0.2, 0.25) is 0 Å². The number of amides is 1. The van der Waals surface area contributed by atoms with Crippen molar-refractivity contribution in [2.75, 3.05) is 19.0 Å². The molecule has 1 fully saturated rings. The number of anilines is 1. The standard InChI is InChI=1S/C26H31N5O2S/c1-5-30-17(2)16-19(18(30)3)25-24(21-11-8-9-14-27-21)29-26(34)31(25)15-13-23(32)28-20-10-6-7-12-22(20)33-4/h6-12,14,16,24-25H,5,13,15H2,1-4H3,(H,28,32)(H,29,34)/t24-,25+/m1/s1. The van der Waals surface area contributed by atoms with Crippen molar-refractivity contribution < 1.29 is 9.53 Å². The molecule has 3 aromatic rings. The number of thiocarbonyl (C=S) groups is 1. The highest BCUT2D eigenvalue weighted by Gasteiger charge is 2.41. The number of hydrogen-bond donors (Lipinski definition) is 2. The lowest BCUT2D eigenvalue weighted by atomic mass is 9.96. The maximum absolute atomic E-state index is 12.8. The second-order valence-electron chi connectivity index (χ2n) is 8.39. The number of hydrogen-bond acceptors (Lipinski definition) is 4. The summed E-state index contributed by atoms with van der Waals surface area (Å²) in [6.45, 7) is 7.81. The molecular formula is C26H31N5O2S. The maximum atomic E-state index is 12.8. The molecule has 1 amide bonds. The summed E-state index contributed by atoms with van der Waals surface area (Å²) >= 11 is 5.76. The van der Waals surface area contributed by atoms with Crippen LogP contribution in [0.3, 0.4) is 0 Å². The molecule has 178 valence electrons. The zero-order valence-electron chi connectivity index (χ0n) is 20.0. The summed E-state index contributed by atoms with van der Waals surface area (Å²) in [5.41, 5.74) is 5.21. The molecule has 7 nitrogen and oxygen atoms in total. The first-order valence-corrected chi connectivity index (χ1v) is 11.9. The second-order valence-corrected chi connectivity index (χ2v) is 8.78. The number of methoxy groups -OCH3 is 1. The minimum absolute atomic E-state index is 0.0621. The molecule has 0 radical (unpaired) electrons. The normalized spacial score (nSPS) is 17.5. The summed E-state index contributed by atoms with van der Waals surface area (Å²) < 4.78 is 7.66. The fourth-order valence-corrected chi connectivity index (χ4v) is 5.11. The van der Waals surface area contributed by atoms with Crippen LogP contribution in [0.4, 0.5) is 5.69 Å². The average molecular weight is 478 g/mol. The van der Waals surface area contributed by atoms with Gasteiger partial charge in [-0.3, -0.25) is 9.78 Å². The molecule has 1 aliphatic heterocycles. The number of benzene rings is 1. The van der Waals surface area contributed by atoms with Crippen LogP contribution in [0, 0.1) is 13.8 Å². The SMILES string of the molecule is CCn1c(C)cc([C@H]2[C@@H](c3ccccn3)NC(=S)N2CCC(=O)Nc2ccccc2OC)c1C. The number of nitrogens with zero attached hydrogens (tertiary/aromatic N) is 3. The quantitative estimate of drug-likeness (QED) is 0.465. The van der Waals surface area contributed by atoms with Crippen LogP contribution in [0.1, 0.15) is 48.1 Å². The Labute approximate surface area is 206 Å². The van der Waals surface area contributed by atoms with E-state index in [1.54, 1.807) is 13.3 Å². The Bertz CT molecular complexity index is 1180. The zero-order chi connectivity index (χ0) is 24.2. The van der Waals surface area contributed by atoms with Gasteiger partial charge < -0.3 is 24.8 Å². The third kappa shape index (κ3) is 4.63. The number of aryl methyl sites for hydroxylation is 1. The number of pyridine rings is 1. The van der Waals surface area contributed by atoms with Crippen molar-refractivity contribution in [3.63, 3.8) is 0 Å². The number of nitrogens with one attached hydrogen (secondary N) is 2. The Morgan fingerprint density at radius 1 is 1.21 bits per heavy atom. The van der Waals surface area contributed by atoms with E-state index in [0.717, 1.165) is 12.2 Å². The predicted molar refractivity (Wildman–Crippen MR) is 138 cm³/mol. The maximum Gasteiger partial charge on any atom is 0.226 e. The van der Waals surface area contributed by atoms with E-state index < -0.39 is 0 Å². The fourth-order valence-electron chi connectivity index (χ4n) is 4.78. The van der Waals surface area contributed by atoms with E-state index in [9.17, 15) is 4.79 Å². The van der Waals surface area contributed by atoms with Gasteiger partial charge in [-0.2, -0.15) is 0 Å². The van der Waals surface area contributed by atoms with Crippen molar-refractivity contribution in [3.8, 4) is 5.75 Å². The van der Waals surface area contributed by atoms with E-state index in [1.165, 1.54) is 17.0 Å². The number of aromatic nitrogens is 2. The average Bonchev–Trinajstić information content (AvgIpc) is 3.32. The number of rotatable bonds is 8. The van der Waals surface area contributed by atoms with Gasteiger partial charge in [-0.15, -0.1) is 0 Å². The lowest BCUT2D eigenvalue weighted by molar-refractivity contribution is -0.116. The van der Waals surface area contributed by atoms with Gasteiger partial charge in [0.15, 0.2) is 5.11 Å². The van der Waals surface area contributed by atoms with Crippen molar-refractivity contribution in [2.45, 2.75) is 45.8 Å².